The summed E-state index contributed by atoms with van der Waals surface area (Å²) in [7, 11) is 0. The third-order valence-corrected chi connectivity index (χ3v) is 7.82. The van der Waals surface area contributed by atoms with Gasteiger partial charge in [-0.3, -0.25) is 15.1 Å². The van der Waals surface area contributed by atoms with Crippen LogP contribution in [0.5, 0.6) is 0 Å². The van der Waals surface area contributed by atoms with E-state index < -0.39 is 5.76 Å². The number of aromatic amines is 1. The molecule has 3 heterocycles. The van der Waals surface area contributed by atoms with Crippen LogP contribution in [-0.4, -0.2) is 15.9 Å². The Kier molecular flexibility index (Phi) is 5.32. The lowest BCUT2D eigenvalue weighted by atomic mass is 10.0. The number of rotatable bonds is 5. The van der Waals surface area contributed by atoms with Gasteiger partial charge in [-0.25, -0.2) is 9.78 Å². The number of H-pyrrole nitrogens is 1. The molecule has 6 aromatic rings. The summed E-state index contributed by atoms with van der Waals surface area (Å²) in [5.41, 5.74) is 6.00. The van der Waals surface area contributed by atoms with E-state index in [1.165, 1.54) is 28.2 Å². The summed E-state index contributed by atoms with van der Waals surface area (Å²) in [6.07, 6.45) is 0.679. The second-order valence-electron chi connectivity index (χ2n) is 8.29. The van der Waals surface area contributed by atoms with Gasteiger partial charge in [0.1, 0.15) is 0 Å². The molecule has 2 N–H and O–H groups in total. The van der Waals surface area contributed by atoms with E-state index in [1.54, 1.807) is 12.1 Å². The third kappa shape index (κ3) is 4.18. The van der Waals surface area contributed by atoms with Crippen LogP contribution in [0.2, 0.25) is 0 Å². The van der Waals surface area contributed by atoms with Crippen molar-refractivity contribution in [1.29, 1.82) is 0 Å². The number of hydrogen-bond acceptors (Lipinski definition) is 6. The molecule has 3 aromatic heterocycles. The molecule has 0 aliphatic carbocycles. The van der Waals surface area contributed by atoms with E-state index in [-0.39, 0.29) is 5.91 Å². The summed E-state index contributed by atoms with van der Waals surface area (Å²) >= 11 is 2.86. The first kappa shape index (κ1) is 21.5. The SMILES string of the molecule is Cc1ccc(Cc2c(C(=O)Nc3nc(-c4ccc5[nH]c(=O)oc5c4)cs3)sc3ccccc23)cc1. The molecule has 0 radical (unpaired) electrons. The van der Waals surface area contributed by atoms with Crippen molar-refractivity contribution in [1.82, 2.24) is 9.97 Å². The number of carbonyl (C=O) groups excluding carboxylic acids is 1. The first-order valence-electron chi connectivity index (χ1n) is 11.0. The summed E-state index contributed by atoms with van der Waals surface area (Å²) in [4.78, 5) is 32.7. The van der Waals surface area contributed by atoms with E-state index >= 15 is 0 Å². The van der Waals surface area contributed by atoms with Gasteiger partial charge in [0.15, 0.2) is 10.7 Å². The molecule has 0 saturated heterocycles. The molecular weight excluding hydrogens is 478 g/mol. The Morgan fingerprint density at radius 3 is 2.77 bits per heavy atom. The summed E-state index contributed by atoms with van der Waals surface area (Å²) < 4.78 is 6.24. The smallest absolute Gasteiger partial charge is 0.408 e. The van der Waals surface area contributed by atoms with E-state index in [0.717, 1.165) is 26.8 Å². The van der Waals surface area contributed by atoms with Crippen LogP contribution in [0.1, 0.15) is 26.4 Å². The van der Waals surface area contributed by atoms with Crippen molar-refractivity contribution < 1.29 is 9.21 Å². The molecule has 0 saturated carbocycles. The van der Waals surface area contributed by atoms with E-state index in [4.69, 9.17) is 4.42 Å². The van der Waals surface area contributed by atoms with Crippen LogP contribution in [0.4, 0.5) is 5.13 Å². The van der Waals surface area contributed by atoms with E-state index in [9.17, 15) is 9.59 Å². The van der Waals surface area contributed by atoms with Crippen LogP contribution in [0.25, 0.3) is 32.4 Å². The van der Waals surface area contributed by atoms with Crippen LogP contribution < -0.4 is 11.1 Å². The third-order valence-electron chi connectivity index (χ3n) is 5.85. The summed E-state index contributed by atoms with van der Waals surface area (Å²) in [6, 6.07) is 21.9. The lowest BCUT2D eigenvalue weighted by molar-refractivity contribution is 0.103. The lowest BCUT2D eigenvalue weighted by Gasteiger charge is -2.06. The van der Waals surface area contributed by atoms with Gasteiger partial charge in [-0.2, -0.15) is 0 Å². The average molecular weight is 498 g/mol. The summed E-state index contributed by atoms with van der Waals surface area (Å²) in [6.45, 7) is 2.07. The van der Waals surface area contributed by atoms with Crippen LogP contribution in [0.3, 0.4) is 0 Å². The maximum atomic E-state index is 13.4. The molecule has 6 nitrogen and oxygen atoms in total. The molecule has 3 aromatic carbocycles. The van der Waals surface area contributed by atoms with Gasteiger partial charge in [0, 0.05) is 15.6 Å². The minimum Gasteiger partial charge on any atom is -0.408 e. The maximum absolute atomic E-state index is 13.4. The highest BCUT2D eigenvalue weighted by Crippen LogP contribution is 2.34. The van der Waals surface area contributed by atoms with Gasteiger partial charge in [0.2, 0.25) is 0 Å². The molecule has 0 spiro atoms. The number of nitrogens with one attached hydrogen (secondary N) is 2. The topological polar surface area (TPSA) is 88.0 Å². The molecule has 0 bridgehead atoms. The number of amides is 1. The molecule has 6 rings (SSSR count). The second kappa shape index (κ2) is 8.65. The maximum Gasteiger partial charge on any atom is 0.417 e. The number of aryl methyl sites for hydroxylation is 1. The fourth-order valence-corrected chi connectivity index (χ4v) is 5.92. The number of carbonyl (C=O) groups is 1. The quantitative estimate of drug-likeness (QED) is 0.280. The fourth-order valence-electron chi connectivity index (χ4n) is 4.09. The van der Waals surface area contributed by atoms with Gasteiger partial charge in [-0.15, -0.1) is 22.7 Å². The van der Waals surface area contributed by atoms with Gasteiger partial charge < -0.3 is 4.42 Å². The first-order chi connectivity index (χ1) is 17.0. The summed E-state index contributed by atoms with van der Waals surface area (Å²) in [5.74, 6) is -0.658. The zero-order valence-corrected chi connectivity index (χ0v) is 20.3. The van der Waals surface area contributed by atoms with E-state index in [1.807, 2.05) is 29.6 Å². The van der Waals surface area contributed by atoms with Gasteiger partial charge >= 0.3 is 5.76 Å². The standard InChI is InChI=1S/C27H19N3O3S2/c1-15-6-8-16(9-7-15)12-19-18-4-2-3-5-23(18)35-24(19)25(31)30-26-28-21(14-34-26)17-10-11-20-22(13-17)33-27(32)29-20/h2-11,13-14H,12H2,1H3,(H,29,32)(H,28,30,31). The van der Waals surface area contributed by atoms with Crippen LogP contribution in [0.15, 0.2) is 81.3 Å². The predicted octanol–water partition coefficient (Wildman–Crippen LogP) is 6.61. The fraction of sp³-hybridized carbons (Fsp3) is 0.0741. The Bertz CT molecular complexity index is 1760. The highest BCUT2D eigenvalue weighted by Gasteiger charge is 2.20. The predicted molar refractivity (Wildman–Crippen MR) is 142 cm³/mol. The number of anilines is 1. The molecular formula is C27H19N3O3S2. The number of thiophene rings is 1. The zero-order valence-electron chi connectivity index (χ0n) is 18.6. The highest BCUT2D eigenvalue weighted by atomic mass is 32.1. The molecule has 0 unspecified atom stereocenters. The molecule has 8 heteroatoms. The van der Waals surface area contributed by atoms with Crippen molar-refractivity contribution in [3.8, 4) is 11.3 Å². The van der Waals surface area contributed by atoms with Crippen molar-refractivity contribution in [3.63, 3.8) is 0 Å². The molecule has 0 aliphatic heterocycles. The average Bonchev–Trinajstić information content (AvgIpc) is 3.56. The number of aromatic nitrogens is 2. The number of oxazole rings is 1. The largest absolute Gasteiger partial charge is 0.417 e. The Labute approximate surface area is 207 Å². The van der Waals surface area contributed by atoms with E-state index in [2.05, 4.69) is 52.5 Å². The van der Waals surface area contributed by atoms with Crippen molar-refractivity contribution in [2.75, 3.05) is 5.32 Å². The van der Waals surface area contributed by atoms with Crippen molar-refractivity contribution >= 4 is 54.9 Å². The number of hydrogen-bond donors (Lipinski definition) is 2. The Morgan fingerprint density at radius 2 is 1.91 bits per heavy atom. The van der Waals surface area contributed by atoms with Gasteiger partial charge in [0.25, 0.3) is 5.91 Å². The number of thiazole rings is 1. The monoisotopic (exact) mass is 497 g/mol. The number of nitrogens with zero attached hydrogens (tertiary/aromatic N) is 1. The molecule has 35 heavy (non-hydrogen) atoms. The van der Waals surface area contributed by atoms with Crippen LogP contribution in [-0.2, 0) is 6.42 Å². The van der Waals surface area contributed by atoms with Crippen LogP contribution in [0, 0.1) is 6.92 Å². The minimum absolute atomic E-state index is 0.165. The Hall–Kier alpha value is -4.01. The Balaban J connectivity index is 1.30. The van der Waals surface area contributed by atoms with Crippen molar-refractivity contribution in [2.24, 2.45) is 0 Å². The van der Waals surface area contributed by atoms with Crippen LogP contribution >= 0.6 is 22.7 Å². The molecule has 0 atom stereocenters. The molecule has 0 fully saturated rings. The number of benzene rings is 3. The first-order valence-corrected chi connectivity index (χ1v) is 12.7. The van der Waals surface area contributed by atoms with Gasteiger partial charge in [-0.05, 0) is 48.1 Å². The van der Waals surface area contributed by atoms with E-state index in [0.29, 0.717) is 33.2 Å². The number of fused-ring (bicyclic) bond motifs is 2. The van der Waals surface area contributed by atoms with Gasteiger partial charge in [0.05, 0.1) is 16.1 Å². The van der Waals surface area contributed by atoms with Crippen molar-refractivity contribution in [3.05, 3.63) is 104 Å². The lowest BCUT2D eigenvalue weighted by Crippen LogP contribution is -2.12. The molecule has 1 amide bonds. The highest BCUT2D eigenvalue weighted by molar-refractivity contribution is 7.21. The summed E-state index contributed by atoms with van der Waals surface area (Å²) in [5, 5.41) is 6.47. The second-order valence-corrected chi connectivity index (χ2v) is 10.2. The molecule has 0 aliphatic rings. The minimum atomic E-state index is -0.492. The zero-order chi connectivity index (χ0) is 23.9. The molecule has 172 valence electrons. The Morgan fingerprint density at radius 1 is 1.09 bits per heavy atom. The van der Waals surface area contributed by atoms with Crippen molar-refractivity contribution in [2.45, 2.75) is 13.3 Å². The normalized spacial score (nSPS) is 11.3. The van der Waals surface area contributed by atoms with Gasteiger partial charge in [-0.1, -0.05) is 54.1 Å².